The normalized spacial score (nSPS) is 16.4. The average molecular weight is 344 g/mol. The molecule has 0 unspecified atom stereocenters. The second kappa shape index (κ2) is 8.30. The van der Waals surface area contributed by atoms with Crippen LogP contribution < -0.4 is 0 Å². The molecule has 0 spiro atoms. The van der Waals surface area contributed by atoms with Gasteiger partial charge in [0.25, 0.3) is 5.91 Å². The molecule has 1 aromatic carbocycles. The van der Waals surface area contributed by atoms with Crippen LogP contribution in [0.3, 0.4) is 0 Å². The number of piperazine rings is 1. The standard InChI is InChI=1S/C20H28N2O3/c1-5-15-25-16(2)18(23)21-11-13-22(14-12-21)19(24)20(3,4)17-9-7-6-8-10-17/h5-10,16H,1,11-15H2,2-4H3/t16-/m0/s1. The minimum absolute atomic E-state index is 0.0312. The van der Waals surface area contributed by atoms with E-state index in [2.05, 4.69) is 6.58 Å². The van der Waals surface area contributed by atoms with Crippen LogP contribution in [0.5, 0.6) is 0 Å². The maximum atomic E-state index is 13.0. The van der Waals surface area contributed by atoms with Crippen LogP contribution in [0.1, 0.15) is 26.3 Å². The monoisotopic (exact) mass is 344 g/mol. The van der Waals surface area contributed by atoms with Crippen LogP contribution in [0, 0.1) is 0 Å². The third-order valence-corrected chi connectivity index (χ3v) is 4.72. The third kappa shape index (κ3) is 4.48. The van der Waals surface area contributed by atoms with E-state index in [0.717, 1.165) is 5.56 Å². The van der Waals surface area contributed by atoms with E-state index < -0.39 is 11.5 Å². The van der Waals surface area contributed by atoms with Crippen molar-refractivity contribution >= 4 is 11.8 Å². The number of benzene rings is 1. The number of amides is 2. The predicted octanol–water partition coefficient (Wildman–Crippen LogP) is 2.23. The Balaban J connectivity index is 1.94. The van der Waals surface area contributed by atoms with Crippen LogP contribution in [0.25, 0.3) is 0 Å². The molecule has 136 valence electrons. The molecule has 1 saturated heterocycles. The summed E-state index contributed by atoms with van der Waals surface area (Å²) in [4.78, 5) is 28.9. The first-order chi connectivity index (χ1) is 11.9. The van der Waals surface area contributed by atoms with Gasteiger partial charge in [-0.25, -0.2) is 0 Å². The highest BCUT2D eigenvalue weighted by Gasteiger charge is 2.36. The molecule has 0 radical (unpaired) electrons. The van der Waals surface area contributed by atoms with Gasteiger partial charge in [0.15, 0.2) is 0 Å². The Morgan fingerprint density at radius 1 is 1.16 bits per heavy atom. The van der Waals surface area contributed by atoms with Crippen molar-refractivity contribution in [1.29, 1.82) is 0 Å². The fourth-order valence-electron chi connectivity index (χ4n) is 3.04. The number of hydrogen-bond acceptors (Lipinski definition) is 3. The smallest absolute Gasteiger partial charge is 0.251 e. The van der Waals surface area contributed by atoms with E-state index >= 15 is 0 Å². The highest BCUT2D eigenvalue weighted by Crippen LogP contribution is 2.26. The number of carbonyl (C=O) groups excluding carboxylic acids is 2. The Bertz CT molecular complexity index is 605. The van der Waals surface area contributed by atoms with Gasteiger partial charge in [-0.05, 0) is 26.3 Å². The summed E-state index contributed by atoms with van der Waals surface area (Å²) in [5.41, 5.74) is 0.429. The van der Waals surface area contributed by atoms with Crippen molar-refractivity contribution in [2.75, 3.05) is 32.8 Å². The van der Waals surface area contributed by atoms with Crippen molar-refractivity contribution in [3.8, 4) is 0 Å². The van der Waals surface area contributed by atoms with Gasteiger partial charge in [-0.2, -0.15) is 0 Å². The second-order valence-corrected chi connectivity index (χ2v) is 6.87. The molecule has 1 atom stereocenters. The quantitative estimate of drug-likeness (QED) is 0.744. The summed E-state index contributed by atoms with van der Waals surface area (Å²) in [7, 11) is 0. The van der Waals surface area contributed by atoms with Crippen LogP contribution in [0.2, 0.25) is 0 Å². The highest BCUT2D eigenvalue weighted by atomic mass is 16.5. The maximum Gasteiger partial charge on any atom is 0.251 e. The molecule has 0 saturated carbocycles. The van der Waals surface area contributed by atoms with Crippen LogP contribution in [-0.2, 0) is 19.7 Å². The van der Waals surface area contributed by atoms with E-state index in [1.807, 2.05) is 49.1 Å². The predicted molar refractivity (Wildman–Crippen MR) is 98.2 cm³/mol. The molecule has 0 bridgehead atoms. The van der Waals surface area contributed by atoms with Crippen LogP contribution >= 0.6 is 0 Å². The second-order valence-electron chi connectivity index (χ2n) is 6.87. The van der Waals surface area contributed by atoms with Gasteiger partial charge in [0, 0.05) is 26.2 Å². The molecule has 0 N–H and O–H groups in total. The molecule has 1 fully saturated rings. The van der Waals surface area contributed by atoms with Crippen molar-refractivity contribution in [2.45, 2.75) is 32.3 Å². The molecule has 2 amide bonds. The van der Waals surface area contributed by atoms with E-state index in [4.69, 9.17) is 4.74 Å². The van der Waals surface area contributed by atoms with Crippen LogP contribution in [-0.4, -0.2) is 60.5 Å². The van der Waals surface area contributed by atoms with E-state index in [9.17, 15) is 9.59 Å². The van der Waals surface area contributed by atoms with Gasteiger partial charge in [0.05, 0.1) is 12.0 Å². The summed E-state index contributed by atoms with van der Waals surface area (Å²) in [6, 6.07) is 9.81. The van der Waals surface area contributed by atoms with Gasteiger partial charge >= 0.3 is 0 Å². The molecule has 1 aliphatic heterocycles. The molecule has 1 aromatic rings. The van der Waals surface area contributed by atoms with E-state index in [-0.39, 0.29) is 11.8 Å². The van der Waals surface area contributed by atoms with Crippen LogP contribution in [0.15, 0.2) is 43.0 Å². The number of carbonyl (C=O) groups is 2. The van der Waals surface area contributed by atoms with Crippen LogP contribution in [0.4, 0.5) is 0 Å². The zero-order chi connectivity index (χ0) is 18.4. The van der Waals surface area contributed by atoms with Gasteiger partial charge in [0.2, 0.25) is 5.91 Å². The minimum Gasteiger partial charge on any atom is -0.365 e. The van der Waals surface area contributed by atoms with E-state index in [1.165, 1.54) is 0 Å². The van der Waals surface area contributed by atoms with Gasteiger partial charge in [-0.3, -0.25) is 9.59 Å². The molecule has 2 rings (SSSR count). The molecule has 1 heterocycles. The minimum atomic E-state index is -0.576. The maximum absolute atomic E-state index is 13.0. The first-order valence-corrected chi connectivity index (χ1v) is 8.74. The van der Waals surface area contributed by atoms with Crippen molar-refractivity contribution in [2.24, 2.45) is 0 Å². The van der Waals surface area contributed by atoms with Gasteiger partial charge in [0.1, 0.15) is 6.10 Å². The summed E-state index contributed by atoms with van der Waals surface area (Å²) in [5.74, 6) is 0.0676. The summed E-state index contributed by atoms with van der Waals surface area (Å²) >= 11 is 0. The Morgan fingerprint density at radius 3 is 2.28 bits per heavy atom. The first kappa shape index (κ1) is 19.2. The number of ether oxygens (including phenoxy) is 1. The molecule has 1 aliphatic rings. The molecule has 0 aromatic heterocycles. The highest BCUT2D eigenvalue weighted by molar-refractivity contribution is 5.88. The Morgan fingerprint density at radius 2 is 1.72 bits per heavy atom. The van der Waals surface area contributed by atoms with Gasteiger partial charge < -0.3 is 14.5 Å². The lowest BCUT2D eigenvalue weighted by Gasteiger charge is -2.39. The zero-order valence-corrected chi connectivity index (χ0v) is 15.4. The van der Waals surface area contributed by atoms with Crippen molar-refractivity contribution in [3.63, 3.8) is 0 Å². The molecule has 5 nitrogen and oxygen atoms in total. The Kier molecular flexibility index (Phi) is 6.37. The summed E-state index contributed by atoms with van der Waals surface area (Å²) < 4.78 is 5.40. The first-order valence-electron chi connectivity index (χ1n) is 8.74. The molecule has 25 heavy (non-hydrogen) atoms. The molecular weight excluding hydrogens is 316 g/mol. The summed E-state index contributed by atoms with van der Waals surface area (Å²) in [5, 5.41) is 0. The number of nitrogens with zero attached hydrogens (tertiary/aromatic N) is 2. The Hall–Kier alpha value is -2.14. The SMILES string of the molecule is C=CCO[C@@H](C)C(=O)N1CCN(C(=O)C(C)(C)c2ccccc2)CC1. The largest absolute Gasteiger partial charge is 0.365 e. The van der Waals surface area contributed by atoms with E-state index in [1.54, 1.807) is 17.9 Å². The number of rotatable bonds is 6. The Labute approximate surface area is 150 Å². The lowest BCUT2D eigenvalue weighted by Crippen LogP contribution is -2.55. The lowest BCUT2D eigenvalue weighted by atomic mass is 9.83. The van der Waals surface area contributed by atoms with Gasteiger partial charge in [-0.1, -0.05) is 36.4 Å². The number of hydrogen-bond donors (Lipinski definition) is 0. The molecule has 5 heteroatoms. The van der Waals surface area contributed by atoms with Crippen molar-refractivity contribution < 1.29 is 14.3 Å². The zero-order valence-electron chi connectivity index (χ0n) is 15.4. The summed E-state index contributed by atoms with van der Waals surface area (Å²) in [6.45, 7) is 11.8. The molecule has 0 aliphatic carbocycles. The summed E-state index contributed by atoms with van der Waals surface area (Å²) in [6.07, 6.45) is 1.15. The topological polar surface area (TPSA) is 49.9 Å². The van der Waals surface area contributed by atoms with E-state index in [0.29, 0.717) is 32.8 Å². The van der Waals surface area contributed by atoms with Crippen molar-refractivity contribution in [3.05, 3.63) is 48.6 Å². The third-order valence-electron chi connectivity index (χ3n) is 4.72. The fourth-order valence-corrected chi connectivity index (χ4v) is 3.04. The fraction of sp³-hybridized carbons (Fsp3) is 0.500. The lowest BCUT2D eigenvalue weighted by molar-refractivity contribution is -0.148. The van der Waals surface area contributed by atoms with Crippen molar-refractivity contribution in [1.82, 2.24) is 9.80 Å². The van der Waals surface area contributed by atoms with Gasteiger partial charge in [-0.15, -0.1) is 6.58 Å². The average Bonchev–Trinajstić information content (AvgIpc) is 2.65. The molecular formula is C20H28N2O3.